The zero-order valence-electron chi connectivity index (χ0n) is 16.5. The molecule has 5 rings (SSSR count). The van der Waals surface area contributed by atoms with E-state index in [1.807, 2.05) is 60.7 Å². The summed E-state index contributed by atoms with van der Waals surface area (Å²) in [6, 6.07) is 20.0. The molecule has 2 fully saturated rings. The molecule has 0 unspecified atom stereocenters. The molecule has 3 aromatic rings. The second-order valence-corrected chi connectivity index (χ2v) is 8.07. The van der Waals surface area contributed by atoms with Gasteiger partial charge in [0.25, 0.3) is 11.5 Å². The maximum Gasteiger partial charge on any atom is 0.266 e. The summed E-state index contributed by atoms with van der Waals surface area (Å²) in [7, 11) is 0. The summed E-state index contributed by atoms with van der Waals surface area (Å²) in [5.74, 6) is -0.406. The number of ketones is 1. The Bertz CT molecular complexity index is 1170. The van der Waals surface area contributed by atoms with E-state index in [0.29, 0.717) is 22.6 Å². The zero-order valence-corrected chi connectivity index (χ0v) is 16.5. The van der Waals surface area contributed by atoms with Gasteiger partial charge in [0, 0.05) is 28.9 Å². The van der Waals surface area contributed by atoms with Crippen molar-refractivity contribution in [2.45, 2.75) is 31.6 Å². The van der Waals surface area contributed by atoms with Crippen LogP contribution in [0, 0.1) is 5.92 Å². The number of anilines is 1. The fourth-order valence-electron chi connectivity index (χ4n) is 3.87. The van der Waals surface area contributed by atoms with Crippen molar-refractivity contribution in [2.24, 2.45) is 5.92 Å². The number of para-hydroxylation sites is 2. The standard InChI is InChI=1S/C25H22N2O3/c28-23(17-13-14-17)21-15-20(24(29)26-18-7-3-1-4-8-18)22(16-11-12-16)27(25(21)30)19-9-5-2-6-10-19/h1-10,15-17H,11-14H2,(H,26,29). The normalized spacial score (nSPS) is 15.6. The Labute approximate surface area is 174 Å². The Morgan fingerprint density at radius 3 is 2.07 bits per heavy atom. The van der Waals surface area contributed by atoms with E-state index in [9.17, 15) is 14.4 Å². The van der Waals surface area contributed by atoms with Gasteiger partial charge in [-0.2, -0.15) is 0 Å². The predicted octanol–water partition coefficient (Wildman–Crippen LogP) is 4.56. The fourth-order valence-corrected chi connectivity index (χ4v) is 3.87. The van der Waals surface area contributed by atoms with Crippen molar-refractivity contribution >= 4 is 17.4 Å². The molecule has 5 nitrogen and oxygen atoms in total. The maximum absolute atomic E-state index is 13.4. The molecule has 0 saturated heterocycles. The van der Waals surface area contributed by atoms with E-state index in [1.165, 1.54) is 6.07 Å². The van der Waals surface area contributed by atoms with E-state index in [-0.39, 0.29) is 34.6 Å². The van der Waals surface area contributed by atoms with Crippen molar-refractivity contribution < 1.29 is 9.59 Å². The summed E-state index contributed by atoms with van der Waals surface area (Å²) in [6.07, 6.45) is 3.46. The monoisotopic (exact) mass is 398 g/mol. The van der Waals surface area contributed by atoms with Gasteiger partial charge in [-0.3, -0.25) is 19.0 Å². The quantitative estimate of drug-likeness (QED) is 0.619. The first-order valence-corrected chi connectivity index (χ1v) is 10.4. The molecule has 1 amide bonds. The Hall–Kier alpha value is -3.47. The number of Topliss-reactive ketones (excluding diaryl/α,β-unsaturated/α-hetero) is 1. The van der Waals surface area contributed by atoms with Crippen LogP contribution < -0.4 is 10.9 Å². The van der Waals surface area contributed by atoms with Crippen molar-refractivity contribution in [1.82, 2.24) is 4.57 Å². The van der Waals surface area contributed by atoms with E-state index in [0.717, 1.165) is 25.7 Å². The average molecular weight is 398 g/mol. The summed E-state index contributed by atoms with van der Waals surface area (Å²) in [5.41, 5.74) is 2.27. The SMILES string of the molecule is O=C(Nc1ccccc1)c1cc(C(=O)C2CC2)c(=O)n(-c2ccccc2)c1C1CC1. The summed E-state index contributed by atoms with van der Waals surface area (Å²) >= 11 is 0. The number of carbonyl (C=O) groups excluding carboxylic acids is 2. The molecule has 0 aliphatic heterocycles. The first-order valence-electron chi connectivity index (χ1n) is 10.4. The number of nitrogens with one attached hydrogen (secondary N) is 1. The van der Waals surface area contributed by atoms with E-state index < -0.39 is 0 Å². The lowest BCUT2D eigenvalue weighted by Crippen LogP contribution is -2.31. The summed E-state index contributed by atoms with van der Waals surface area (Å²) in [4.78, 5) is 39.6. The third-order valence-corrected chi connectivity index (χ3v) is 5.71. The van der Waals surface area contributed by atoms with Crippen LogP contribution in [-0.4, -0.2) is 16.3 Å². The highest BCUT2D eigenvalue weighted by Gasteiger charge is 2.37. The molecule has 0 bridgehead atoms. The largest absolute Gasteiger partial charge is 0.322 e. The first-order chi connectivity index (χ1) is 14.6. The number of pyridine rings is 1. The molecule has 5 heteroatoms. The molecule has 150 valence electrons. The van der Waals surface area contributed by atoms with E-state index in [1.54, 1.807) is 4.57 Å². The predicted molar refractivity (Wildman–Crippen MR) is 115 cm³/mol. The molecule has 0 spiro atoms. The van der Waals surface area contributed by atoms with Crippen LogP contribution >= 0.6 is 0 Å². The minimum absolute atomic E-state index is 0.0984. The van der Waals surface area contributed by atoms with Gasteiger partial charge in [0.15, 0.2) is 5.78 Å². The topological polar surface area (TPSA) is 68.2 Å². The second kappa shape index (κ2) is 7.41. The van der Waals surface area contributed by atoms with Crippen molar-refractivity contribution in [3.05, 3.63) is 93.9 Å². The summed E-state index contributed by atoms with van der Waals surface area (Å²) in [5, 5.41) is 2.92. The molecular weight excluding hydrogens is 376 g/mol. The van der Waals surface area contributed by atoms with Crippen molar-refractivity contribution in [1.29, 1.82) is 0 Å². The fraction of sp³-hybridized carbons (Fsp3) is 0.240. The van der Waals surface area contributed by atoms with Crippen LogP contribution in [0.2, 0.25) is 0 Å². The number of rotatable bonds is 6. The van der Waals surface area contributed by atoms with Gasteiger partial charge in [-0.15, -0.1) is 0 Å². The minimum Gasteiger partial charge on any atom is -0.322 e. The molecular formula is C25H22N2O3. The number of amides is 1. The molecule has 30 heavy (non-hydrogen) atoms. The zero-order chi connectivity index (χ0) is 20.7. The van der Waals surface area contributed by atoms with Crippen LogP contribution in [0.3, 0.4) is 0 Å². The van der Waals surface area contributed by atoms with Crippen LogP contribution in [0.4, 0.5) is 5.69 Å². The van der Waals surface area contributed by atoms with Crippen molar-refractivity contribution in [2.75, 3.05) is 5.32 Å². The van der Waals surface area contributed by atoms with Gasteiger partial charge in [0.1, 0.15) is 0 Å². The van der Waals surface area contributed by atoms with Gasteiger partial charge in [-0.25, -0.2) is 0 Å². The number of aromatic nitrogens is 1. The van der Waals surface area contributed by atoms with Crippen molar-refractivity contribution in [3.8, 4) is 5.69 Å². The van der Waals surface area contributed by atoms with E-state index in [4.69, 9.17) is 0 Å². The molecule has 2 aromatic carbocycles. The highest BCUT2D eigenvalue weighted by molar-refractivity contribution is 6.08. The molecule has 0 atom stereocenters. The number of benzene rings is 2. The van der Waals surface area contributed by atoms with Crippen LogP contribution in [0.25, 0.3) is 5.69 Å². The lowest BCUT2D eigenvalue weighted by atomic mass is 10.0. The Balaban J connectivity index is 1.70. The Kier molecular flexibility index (Phi) is 4.58. The highest BCUT2D eigenvalue weighted by Crippen LogP contribution is 2.42. The molecule has 1 heterocycles. The van der Waals surface area contributed by atoms with Crippen LogP contribution in [0.1, 0.15) is 58.0 Å². The maximum atomic E-state index is 13.4. The number of nitrogens with zero attached hydrogens (tertiary/aromatic N) is 1. The van der Waals surface area contributed by atoms with E-state index >= 15 is 0 Å². The average Bonchev–Trinajstić information content (AvgIpc) is 3.67. The molecule has 1 N–H and O–H groups in total. The van der Waals surface area contributed by atoms with E-state index in [2.05, 4.69) is 5.32 Å². The molecule has 2 aliphatic carbocycles. The lowest BCUT2D eigenvalue weighted by Gasteiger charge is -2.19. The third kappa shape index (κ3) is 3.47. The molecule has 2 saturated carbocycles. The number of carbonyl (C=O) groups is 2. The molecule has 1 aromatic heterocycles. The highest BCUT2D eigenvalue weighted by atomic mass is 16.2. The summed E-state index contributed by atoms with van der Waals surface area (Å²) in [6.45, 7) is 0. The van der Waals surface area contributed by atoms with Gasteiger partial charge < -0.3 is 5.32 Å². The third-order valence-electron chi connectivity index (χ3n) is 5.71. The number of hydrogen-bond acceptors (Lipinski definition) is 3. The Morgan fingerprint density at radius 1 is 0.833 bits per heavy atom. The Morgan fingerprint density at radius 2 is 1.47 bits per heavy atom. The van der Waals surface area contributed by atoms with Crippen LogP contribution in [0.15, 0.2) is 71.5 Å². The first kappa shape index (κ1) is 18.6. The van der Waals surface area contributed by atoms with Gasteiger partial charge in [0.2, 0.25) is 0 Å². The lowest BCUT2D eigenvalue weighted by molar-refractivity contribution is 0.0966. The van der Waals surface area contributed by atoms with Gasteiger partial charge >= 0.3 is 0 Å². The van der Waals surface area contributed by atoms with Crippen LogP contribution in [0.5, 0.6) is 0 Å². The van der Waals surface area contributed by atoms with Crippen LogP contribution in [-0.2, 0) is 0 Å². The smallest absolute Gasteiger partial charge is 0.266 e. The second-order valence-electron chi connectivity index (χ2n) is 8.07. The minimum atomic E-state index is -0.323. The molecule has 0 radical (unpaired) electrons. The van der Waals surface area contributed by atoms with Crippen molar-refractivity contribution in [3.63, 3.8) is 0 Å². The molecule has 2 aliphatic rings. The number of hydrogen-bond donors (Lipinski definition) is 1. The summed E-state index contributed by atoms with van der Waals surface area (Å²) < 4.78 is 1.59. The van der Waals surface area contributed by atoms with Gasteiger partial charge in [-0.1, -0.05) is 36.4 Å². The van der Waals surface area contributed by atoms with Gasteiger partial charge in [0.05, 0.1) is 11.1 Å². The van der Waals surface area contributed by atoms with Gasteiger partial charge in [-0.05, 0) is 56.0 Å².